The van der Waals surface area contributed by atoms with Gasteiger partial charge in [-0.05, 0) is 63.0 Å². The fourth-order valence-corrected chi connectivity index (χ4v) is 5.59. The van der Waals surface area contributed by atoms with E-state index >= 15 is 0 Å². The SMILES string of the molecule is Cc1ccc(Sc2ccc(C(=O)NC3CN4CCC3CC4)s2)cc1. The molecule has 5 rings (SSSR count). The summed E-state index contributed by atoms with van der Waals surface area (Å²) in [5.74, 6) is 0.759. The molecule has 3 nitrogen and oxygen atoms in total. The highest BCUT2D eigenvalue weighted by Gasteiger charge is 2.35. The van der Waals surface area contributed by atoms with Crippen molar-refractivity contribution in [3.05, 3.63) is 46.8 Å². The van der Waals surface area contributed by atoms with Crippen molar-refractivity contribution >= 4 is 29.0 Å². The number of benzene rings is 1. The van der Waals surface area contributed by atoms with E-state index in [1.807, 2.05) is 6.07 Å². The molecule has 1 amide bonds. The molecule has 2 aromatic rings. The number of amides is 1. The van der Waals surface area contributed by atoms with Crippen LogP contribution in [0.25, 0.3) is 0 Å². The van der Waals surface area contributed by atoms with E-state index < -0.39 is 0 Å². The van der Waals surface area contributed by atoms with Crippen LogP contribution in [0.2, 0.25) is 0 Å². The highest BCUT2D eigenvalue weighted by molar-refractivity contribution is 8.01. The second-order valence-corrected chi connectivity index (χ2v) is 9.21. The van der Waals surface area contributed by atoms with Crippen LogP contribution in [0.3, 0.4) is 0 Å². The largest absolute Gasteiger partial charge is 0.347 e. The first-order valence-corrected chi connectivity index (χ1v) is 10.2. The fourth-order valence-electron chi connectivity index (χ4n) is 3.59. The predicted molar refractivity (Wildman–Crippen MR) is 100 cm³/mol. The molecule has 24 heavy (non-hydrogen) atoms. The molecule has 1 aromatic carbocycles. The molecule has 1 aromatic heterocycles. The quantitative estimate of drug-likeness (QED) is 0.895. The number of fused-ring (bicyclic) bond motifs is 3. The van der Waals surface area contributed by atoms with Gasteiger partial charge in [-0.1, -0.05) is 29.5 Å². The molecule has 3 fully saturated rings. The van der Waals surface area contributed by atoms with E-state index in [2.05, 4.69) is 47.5 Å². The summed E-state index contributed by atoms with van der Waals surface area (Å²) in [6, 6.07) is 12.8. The Morgan fingerprint density at radius 1 is 1.17 bits per heavy atom. The zero-order chi connectivity index (χ0) is 16.5. The van der Waals surface area contributed by atoms with Crippen LogP contribution in [-0.2, 0) is 0 Å². The number of carbonyl (C=O) groups is 1. The molecule has 3 saturated heterocycles. The van der Waals surface area contributed by atoms with Crippen molar-refractivity contribution in [2.75, 3.05) is 19.6 Å². The Bertz CT molecular complexity index is 717. The van der Waals surface area contributed by atoms with E-state index in [1.54, 1.807) is 23.1 Å². The molecule has 5 heteroatoms. The lowest BCUT2D eigenvalue weighted by Crippen LogP contribution is -2.57. The summed E-state index contributed by atoms with van der Waals surface area (Å²) in [4.78, 5) is 17.1. The maximum absolute atomic E-state index is 12.6. The summed E-state index contributed by atoms with van der Waals surface area (Å²) >= 11 is 3.31. The Labute approximate surface area is 151 Å². The van der Waals surface area contributed by atoms with Gasteiger partial charge < -0.3 is 10.2 Å². The molecule has 3 aliphatic heterocycles. The molecule has 0 aliphatic carbocycles. The molecule has 0 radical (unpaired) electrons. The van der Waals surface area contributed by atoms with E-state index in [1.165, 1.54) is 36.4 Å². The maximum Gasteiger partial charge on any atom is 0.261 e. The van der Waals surface area contributed by atoms with Gasteiger partial charge in [0.25, 0.3) is 5.91 Å². The first kappa shape index (κ1) is 16.2. The van der Waals surface area contributed by atoms with Crippen molar-refractivity contribution in [1.29, 1.82) is 0 Å². The monoisotopic (exact) mass is 358 g/mol. The smallest absolute Gasteiger partial charge is 0.261 e. The number of piperidine rings is 3. The van der Waals surface area contributed by atoms with Crippen LogP contribution in [0.1, 0.15) is 28.1 Å². The molecule has 2 bridgehead atoms. The molecule has 4 heterocycles. The Morgan fingerprint density at radius 2 is 1.92 bits per heavy atom. The Kier molecular flexibility index (Phi) is 4.66. The van der Waals surface area contributed by atoms with Gasteiger partial charge in [0.1, 0.15) is 0 Å². The van der Waals surface area contributed by atoms with Crippen LogP contribution in [0, 0.1) is 12.8 Å². The molecule has 1 atom stereocenters. The van der Waals surface area contributed by atoms with Gasteiger partial charge in [0.15, 0.2) is 0 Å². The summed E-state index contributed by atoms with van der Waals surface area (Å²) in [6.07, 6.45) is 2.45. The lowest BCUT2D eigenvalue weighted by Gasteiger charge is -2.44. The van der Waals surface area contributed by atoms with Crippen molar-refractivity contribution in [3.63, 3.8) is 0 Å². The zero-order valence-corrected chi connectivity index (χ0v) is 15.5. The number of carbonyl (C=O) groups excluding carboxylic acids is 1. The minimum Gasteiger partial charge on any atom is -0.347 e. The molecule has 1 unspecified atom stereocenters. The highest BCUT2D eigenvalue weighted by atomic mass is 32.2. The normalized spacial score (nSPS) is 25.6. The first-order valence-electron chi connectivity index (χ1n) is 8.55. The summed E-state index contributed by atoms with van der Waals surface area (Å²) in [5.41, 5.74) is 1.27. The third kappa shape index (κ3) is 3.53. The van der Waals surface area contributed by atoms with Crippen LogP contribution in [0.4, 0.5) is 0 Å². The minimum absolute atomic E-state index is 0.0921. The zero-order valence-electron chi connectivity index (χ0n) is 13.8. The number of hydrogen-bond donors (Lipinski definition) is 1. The fraction of sp³-hybridized carbons (Fsp3) is 0.421. The first-order chi connectivity index (χ1) is 11.7. The van der Waals surface area contributed by atoms with Gasteiger partial charge in [-0.2, -0.15) is 0 Å². The van der Waals surface area contributed by atoms with Gasteiger partial charge in [-0.25, -0.2) is 0 Å². The van der Waals surface area contributed by atoms with Crippen molar-refractivity contribution in [3.8, 4) is 0 Å². The molecular weight excluding hydrogens is 336 g/mol. The van der Waals surface area contributed by atoms with Crippen molar-refractivity contribution < 1.29 is 4.79 Å². The standard InChI is InChI=1S/C19H22N2OS2/c1-13-2-4-15(5-3-13)23-18-7-6-17(24-18)19(22)20-16-12-21-10-8-14(16)9-11-21/h2-7,14,16H,8-12H2,1H3,(H,20,22). The van der Waals surface area contributed by atoms with Crippen LogP contribution in [0.5, 0.6) is 0 Å². The van der Waals surface area contributed by atoms with Crippen molar-refractivity contribution in [1.82, 2.24) is 10.2 Å². The number of rotatable bonds is 4. The molecule has 1 N–H and O–H groups in total. The van der Waals surface area contributed by atoms with E-state index in [9.17, 15) is 4.79 Å². The molecule has 3 aliphatic rings. The summed E-state index contributed by atoms with van der Waals surface area (Å²) < 4.78 is 1.16. The van der Waals surface area contributed by atoms with Gasteiger partial charge in [-0.3, -0.25) is 4.79 Å². The summed E-state index contributed by atoms with van der Waals surface area (Å²) in [7, 11) is 0. The summed E-state index contributed by atoms with van der Waals surface area (Å²) in [6.45, 7) is 5.52. The molecule has 0 spiro atoms. The second kappa shape index (κ2) is 6.90. The average molecular weight is 359 g/mol. The van der Waals surface area contributed by atoms with Crippen LogP contribution in [-0.4, -0.2) is 36.5 Å². The second-order valence-electron chi connectivity index (χ2n) is 6.75. The molecule has 0 saturated carbocycles. The Morgan fingerprint density at radius 3 is 2.58 bits per heavy atom. The Hall–Kier alpha value is -1.30. The number of nitrogens with one attached hydrogen (secondary N) is 1. The highest BCUT2D eigenvalue weighted by Crippen LogP contribution is 2.34. The van der Waals surface area contributed by atoms with Gasteiger partial charge >= 0.3 is 0 Å². The average Bonchev–Trinajstić information content (AvgIpc) is 3.07. The van der Waals surface area contributed by atoms with Gasteiger partial charge in [0.2, 0.25) is 0 Å². The van der Waals surface area contributed by atoms with E-state index in [0.29, 0.717) is 12.0 Å². The van der Waals surface area contributed by atoms with E-state index in [4.69, 9.17) is 0 Å². The maximum atomic E-state index is 12.6. The molecular formula is C19H22N2OS2. The Balaban J connectivity index is 1.39. The minimum atomic E-state index is 0.0921. The van der Waals surface area contributed by atoms with Crippen molar-refractivity contribution in [2.24, 2.45) is 5.92 Å². The van der Waals surface area contributed by atoms with E-state index in [0.717, 1.165) is 15.6 Å². The lowest BCUT2D eigenvalue weighted by atomic mass is 9.84. The van der Waals surface area contributed by atoms with Gasteiger partial charge in [0.05, 0.1) is 9.09 Å². The number of aryl methyl sites for hydroxylation is 1. The van der Waals surface area contributed by atoms with E-state index in [-0.39, 0.29) is 5.91 Å². The number of thiophene rings is 1. The summed E-state index contributed by atoms with van der Waals surface area (Å²) in [5, 5.41) is 3.27. The number of hydrogen-bond acceptors (Lipinski definition) is 4. The molecule has 126 valence electrons. The van der Waals surface area contributed by atoms with Crippen LogP contribution >= 0.6 is 23.1 Å². The van der Waals surface area contributed by atoms with Gasteiger partial charge in [-0.15, -0.1) is 11.3 Å². The third-order valence-corrected chi connectivity index (χ3v) is 7.24. The van der Waals surface area contributed by atoms with Gasteiger partial charge in [0, 0.05) is 17.5 Å². The number of nitrogens with zero attached hydrogens (tertiary/aromatic N) is 1. The predicted octanol–water partition coefficient (Wildman–Crippen LogP) is 4.03. The van der Waals surface area contributed by atoms with Crippen LogP contribution in [0.15, 0.2) is 45.5 Å². The lowest BCUT2D eigenvalue weighted by molar-refractivity contribution is 0.0622. The topological polar surface area (TPSA) is 32.3 Å². The van der Waals surface area contributed by atoms with Crippen LogP contribution < -0.4 is 5.32 Å². The third-order valence-electron chi connectivity index (χ3n) is 5.02. The van der Waals surface area contributed by atoms with Crippen molar-refractivity contribution in [2.45, 2.75) is 34.9 Å².